The van der Waals surface area contributed by atoms with Gasteiger partial charge in [0.2, 0.25) is 5.88 Å². The van der Waals surface area contributed by atoms with E-state index in [-0.39, 0.29) is 5.91 Å². The van der Waals surface area contributed by atoms with Gasteiger partial charge in [0, 0.05) is 46.6 Å². The van der Waals surface area contributed by atoms with E-state index in [2.05, 4.69) is 30.1 Å². The second kappa shape index (κ2) is 8.76. The number of pyridine rings is 1. The average Bonchev–Trinajstić information content (AvgIpc) is 3.54. The first kappa shape index (κ1) is 21.2. The molecular weight excluding hydrogens is 466 g/mol. The lowest BCUT2D eigenvalue weighted by atomic mass is 10.2. The van der Waals surface area contributed by atoms with Gasteiger partial charge in [-0.25, -0.2) is 15.0 Å². The number of ether oxygens (including phenoxy) is 1. The van der Waals surface area contributed by atoms with Crippen molar-refractivity contribution in [3.05, 3.63) is 66.9 Å². The van der Waals surface area contributed by atoms with E-state index < -0.39 is 0 Å². The van der Waals surface area contributed by atoms with E-state index in [0.717, 1.165) is 16.0 Å². The number of anilines is 1. The lowest BCUT2D eigenvalue weighted by Gasteiger charge is -2.11. The predicted octanol–water partition coefficient (Wildman–Crippen LogP) is 4.02. The van der Waals surface area contributed by atoms with Gasteiger partial charge >= 0.3 is 0 Å². The Morgan fingerprint density at radius 1 is 1.09 bits per heavy atom. The van der Waals surface area contributed by atoms with Crippen LogP contribution in [-0.2, 0) is 6.54 Å². The van der Waals surface area contributed by atoms with Crippen LogP contribution in [0.2, 0.25) is 0 Å². The topological polar surface area (TPSA) is 120 Å². The number of amides is 1. The van der Waals surface area contributed by atoms with Crippen LogP contribution in [0.25, 0.3) is 33.7 Å². The van der Waals surface area contributed by atoms with Gasteiger partial charge in [0.25, 0.3) is 5.91 Å². The molecule has 11 heteroatoms. The number of carbonyl (C=O) groups is 1. The Bertz CT molecular complexity index is 1560. The molecule has 1 aliphatic heterocycles. The van der Waals surface area contributed by atoms with Crippen molar-refractivity contribution in [2.75, 3.05) is 18.4 Å². The maximum Gasteiger partial charge on any atom is 0.251 e. The fraction of sp³-hybridized carbons (Fsp3) is 0.125. The highest BCUT2D eigenvalue weighted by molar-refractivity contribution is 8.00. The Labute approximate surface area is 203 Å². The van der Waals surface area contributed by atoms with Crippen LogP contribution in [0.3, 0.4) is 0 Å². The van der Waals surface area contributed by atoms with E-state index in [1.54, 1.807) is 30.3 Å². The van der Waals surface area contributed by atoms with Gasteiger partial charge in [-0.15, -0.1) is 0 Å². The summed E-state index contributed by atoms with van der Waals surface area (Å²) >= 11 is 1.36. The van der Waals surface area contributed by atoms with E-state index in [1.807, 2.05) is 36.5 Å². The Hall–Kier alpha value is -4.38. The van der Waals surface area contributed by atoms with Gasteiger partial charge in [0.15, 0.2) is 5.58 Å². The maximum absolute atomic E-state index is 12.7. The molecule has 8 bridgehead atoms. The van der Waals surface area contributed by atoms with Crippen LogP contribution >= 0.6 is 11.9 Å². The summed E-state index contributed by atoms with van der Waals surface area (Å²) in [5.74, 6) is 0.886. The van der Waals surface area contributed by atoms with Gasteiger partial charge < -0.3 is 19.2 Å². The minimum absolute atomic E-state index is 0.153. The number of methoxy groups -OCH3 is 1. The molecule has 0 aliphatic carbocycles. The third-order valence-electron chi connectivity index (χ3n) is 5.55. The number of furan rings is 1. The zero-order chi connectivity index (χ0) is 23.8. The fourth-order valence-corrected chi connectivity index (χ4v) is 4.54. The molecule has 1 aromatic carbocycles. The SMILES string of the molecule is COc1ncc2cc1NSc1cccc(c1)C(=O)NCCn1cc(cn1)-c1ncnc3cc-2oc13. The molecule has 174 valence electrons. The van der Waals surface area contributed by atoms with E-state index >= 15 is 0 Å². The van der Waals surface area contributed by atoms with Crippen molar-refractivity contribution < 1.29 is 13.9 Å². The van der Waals surface area contributed by atoms with Crippen molar-refractivity contribution in [1.29, 1.82) is 0 Å². The molecule has 0 unspecified atom stereocenters. The summed E-state index contributed by atoms with van der Waals surface area (Å²) in [7, 11) is 1.56. The highest BCUT2D eigenvalue weighted by Gasteiger charge is 2.17. The standard InChI is InChI=1S/C24H19N7O3S/c1-33-24-19-8-15(10-26-24)20-9-18-22(34-20)21(28-13-27-18)16-11-29-31(12-16)6-5-25-23(32)14-3-2-4-17(7-14)35-30-19/h2-4,7-13,30H,5-6H2,1H3,(H,25,32). The Balaban J connectivity index is 1.47. The first-order valence-corrected chi connectivity index (χ1v) is 11.6. The van der Waals surface area contributed by atoms with E-state index in [0.29, 0.717) is 52.8 Å². The Morgan fingerprint density at radius 2 is 2.03 bits per heavy atom. The summed E-state index contributed by atoms with van der Waals surface area (Å²) in [4.78, 5) is 26.8. The largest absolute Gasteiger partial charge is 0.480 e. The first-order valence-electron chi connectivity index (χ1n) is 10.8. The molecule has 6 rings (SSSR count). The summed E-state index contributed by atoms with van der Waals surface area (Å²) in [6.45, 7) is 0.936. The van der Waals surface area contributed by atoms with Gasteiger partial charge in [0.05, 0.1) is 19.9 Å². The van der Waals surface area contributed by atoms with Crippen molar-refractivity contribution in [3.63, 3.8) is 0 Å². The molecule has 0 radical (unpaired) electrons. The monoisotopic (exact) mass is 485 g/mol. The molecule has 4 aromatic heterocycles. The van der Waals surface area contributed by atoms with E-state index in [4.69, 9.17) is 9.15 Å². The highest BCUT2D eigenvalue weighted by Crippen LogP contribution is 2.36. The number of hydrogen-bond donors (Lipinski definition) is 2. The Kier molecular flexibility index (Phi) is 5.30. The van der Waals surface area contributed by atoms with Gasteiger partial charge in [-0.1, -0.05) is 6.07 Å². The third kappa shape index (κ3) is 4.06. The van der Waals surface area contributed by atoms with Crippen molar-refractivity contribution in [2.24, 2.45) is 0 Å². The number of nitrogens with one attached hydrogen (secondary N) is 2. The molecule has 5 aromatic rings. The molecular formula is C24H19N7O3S. The molecule has 2 N–H and O–H groups in total. The van der Waals surface area contributed by atoms with Crippen LogP contribution < -0.4 is 14.8 Å². The number of nitrogens with zero attached hydrogens (tertiary/aromatic N) is 5. The van der Waals surface area contributed by atoms with Crippen LogP contribution in [0.15, 0.2) is 70.6 Å². The van der Waals surface area contributed by atoms with Crippen LogP contribution in [0.5, 0.6) is 5.88 Å². The number of carbonyl (C=O) groups excluding carboxylic acids is 1. The van der Waals surface area contributed by atoms with Gasteiger partial charge in [-0.2, -0.15) is 5.10 Å². The zero-order valence-electron chi connectivity index (χ0n) is 18.6. The summed E-state index contributed by atoms with van der Waals surface area (Å²) in [6.07, 6.45) is 6.79. The molecule has 1 amide bonds. The minimum Gasteiger partial charge on any atom is -0.480 e. The average molecular weight is 486 g/mol. The van der Waals surface area contributed by atoms with Crippen LogP contribution in [-0.4, -0.2) is 44.3 Å². The van der Waals surface area contributed by atoms with Crippen LogP contribution in [0.4, 0.5) is 5.69 Å². The van der Waals surface area contributed by atoms with Crippen LogP contribution in [0.1, 0.15) is 10.4 Å². The molecule has 10 nitrogen and oxygen atoms in total. The van der Waals surface area contributed by atoms with Crippen LogP contribution in [0, 0.1) is 0 Å². The normalized spacial score (nSPS) is 13.5. The maximum atomic E-state index is 12.7. The lowest BCUT2D eigenvalue weighted by molar-refractivity contribution is 0.0951. The molecule has 0 saturated heterocycles. The second-order valence-corrected chi connectivity index (χ2v) is 8.69. The molecule has 0 saturated carbocycles. The summed E-state index contributed by atoms with van der Waals surface area (Å²) < 4.78 is 16.7. The van der Waals surface area contributed by atoms with Gasteiger partial charge in [0.1, 0.15) is 29.0 Å². The molecule has 5 heterocycles. The molecule has 0 fully saturated rings. The number of rotatable bonds is 1. The van der Waals surface area contributed by atoms with Crippen molar-refractivity contribution in [2.45, 2.75) is 11.4 Å². The van der Waals surface area contributed by atoms with Crippen molar-refractivity contribution in [1.82, 2.24) is 30.0 Å². The third-order valence-corrected chi connectivity index (χ3v) is 6.36. The van der Waals surface area contributed by atoms with Crippen molar-refractivity contribution in [3.8, 4) is 28.5 Å². The zero-order valence-corrected chi connectivity index (χ0v) is 19.4. The number of fused-ring (bicyclic) bond motifs is 9. The highest BCUT2D eigenvalue weighted by atomic mass is 32.2. The minimum atomic E-state index is -0.153. The predicted molar refractivity (Wildman–Crippen MR) is 131 cm³/mol. The molecule has 0 spiro atoms. The first-order chi connectivity index (χ1) is 17.2. The number of aromatic nitrogens is 5. The molecule has 0 atom stereocenters. The summed E-state index contributed by atoms with van der Waals surface area (Å²) in [6, 6.07) is 11.1. The quantitative estimate of drug-likeness (QED) is 0.339. The smallest absolute Gasteiger partial charge is 0.251 e. The van der Waals surface area contributed by atoms with Gasteiger partial charge in [-0.05, 0) is 36.2 Å². The molecule has 35 heavy (non-hydrogen) atoms. The molecule has 1 aliphatic rings. The van der Waals surface area contributed by atoms with E-state index in [9.17, 15) is 4.79 Å². The van der Waals surface area contributed by atoms with E-state index in [1.165, 1.54) is 18.3 Å². The Morgan fingerprint density at radius 3 is 2.94 bits per heavy atom. The number of benzene rings is 1. The lowest BCUT2D eigenvalue weighted by Crippen LogP contribution is -2.27. The summed E-state index contributed by atoms with van der Waals surface area (Å²) in [5.41, 5.74) is 4.65. The van der Waals surface area contributed by atoms with Crippen molar-refractivity contribution >= 4 is 34.6 Å². The number of hydrogen-bond acceptors (Lipinski definition) is 9. The van der Waals surface area contributed by atoms with Gasteiger partial charge in [-0.3, -0.25) is 9.48 Å². The summed E-state index contributed by atoms with van der Waals surface area (Å²) in [5, 5.41) is 7.36. The fourth-order valence-electron chi connectivity index (χ4n) is 3.83. The second-order valence-electron chi connectivity index (χ2n) is 7.81.